The number of carboxylic acids is 1. The van der Waals surface area contributed by atoms with Gasteiger partial charge in [0.05, 0.1) is 21.8 Å². The Balaban J connectivity index is 1.46. The lowest BCUT2D eigenvalue weighted by Gasteiger charge is -2.27. The summed E-state index contributed by atoms with van der Waals surface area (Å²) in [7, 11) is -12.9. The SMILES string of the molecule is CC1(C)C(=CC=C2CCCC(C=CC3=[N+](CCCCS(=O)(=O)O)c4ccc(S(=O)(=O)O)cc4C3(C)C)=C2Oc2ccc(CCC(=O)O)cc2)N(CCCCS(=O)(=O)O)c2ccc(S(=O)[O-])cc21. The van der Waals surface area contributed by atoms with Crippen LogP contribution in [0.3, 0.4) is 0 Å². The number of hydrogen-bond donors (Lipinski definition) is 4. The quantitative estimate of drug-likeness (QED) is 0.0368. The summed E-state index contributed by atoms with van der Waals surface area (Å²) in [5.41, 5.74) is 5.32. The van der Waals surface area contributed by atoms with Gasteiger partial charge in [0.25, 0.3) is 30.4 Å². The van der Waals surface area contributed by atoms with Gasteiger partial charge in [-0.05, 0) is 147 Å². The fraction of sp³-hybridized carbons (Fsp3) is 0.404. The molecule has 3 aromatic carbocycles. The van der Waals surface area contributed by atoms with Crippen molar-refractivity contribution in [3.8, 4) is 5.75 Å². The minimum atomic E-state index is -4.54. The number of nitrogens with zero attached hydrogens (tertiary/aromatic N) is 2. The van der Waals surface area contributed by atoms with Crippen LogP contribution in [0.5, 0.6) is 5.75 Å². The van der Waals surface area contributed by atoms with Gasteiger partial charge in [0.1, 0.15) is 18.1 Å². The van der Waals surface area contributed by atoms with Crippen LogP contribution in [-0.4, -0.2) is 93.6 Å². The Morgan fingerprint density at radius 2 is 1.49 bits per heavy atom. The van der Waals surface area contributed by atoms with E-state index in [0.29, 0.717) is 74.4 Å². The third kappa shape index (κ3) is 12.7. The lowest BCUT2D eigenvalue weighted by Crippen LogP contribution is -2.28. The average Bonchev–Trinajstić information content (AvgIpc) is 3.58. The number of unbranched alkanes of at least 4 members (excludes halogenated alkanes) is 2. The Bertz CT molecular complexity index is 2950. The summed E-state index contributed by atoms with van der Waals surface area (Å²) in [5.74, 6) is -0.707. The van der Waals surface area contributed by atoms with E-state index in [-0.39, 0.29) is 29.1 Å². The lowest BCUT2D eigenvalue weighted by molar-refractivity contribution is -0.438. The van der Waals surface area contributed by atoms with Crippen LogP contribution in [0.4, 0.5) is 11.4 Å². The van der Waals surface area contributed by atoms with Gasteiger partial charge in [-0.15, -0.1) is 0 Å². The van der Waals surface area contributed by atoms with Crippen LogP contribution in [0, 0.1) is 0 Å². The first-order valence-electron chi connectivity index (χ1n) is 21.8. The highest BCUT2D eigenvalue weighted by atomic mass is 32.2. The second-order valence-corrected chi connectivity index (χ2v) is 23.4. The Kier molecular flexibility index (Phi) is 15.7. The Hall–Kier alpha value is -4.80. The largest absolute Gasteiger partial charge is 0.768 e. The molecule has 3 aromatic rings. The first-order valence-corrected chi connectivity index (χ1v) is 27.5. The van der Waals surface area contributed by atoms with Crippen LogP contribution in [-0.2, 0) is 63.5 Å². The highest BCUT2D eigenvalue weighted by molar-refractivity contribution is 7.86. The first-order chi connectivity index (χ1) is 31.3. The maximum Gasteiger partial charge on any atom is 0.303 e. The molecule has 0 saturated heterocycles. The Morgan fingerprint density at radius 3 is 2.12 bits per heavy atom. The van der Waals surface area contributed by atoms with Crippen molar-refractivity contribution in [2.75, 3.05) is 29.5 Å². The smallest absolute Gasteiger partial charge is 0.303 e. The predicted molar refractivity (Wildman–Crippen MR) is 254 cm³/mol. The third-order valence-electron chi connectivity index (χ3n) is 12.4. The van der Waals surface area contributed by atoms with E-state index in [9.17, 15) is 57.6 Å². The van der Waals surface area contributed by atoms with E-state index in [4.69, 9.17) is 4.74 Å². The molecule has 2 heterocycles. The Morgan fingerprint density at radius 1 is 0.821 bits per heavy atom. The number of rotatable bonds is 20. The van der Waals surface area contributed by atoms with Crippen molar-refractivity contribution in [3.63, 3.8) is 0 Å². The lowest BCUT2D eigenvalue weighted by atomic mass is 9.81. The van der Waals surface area contributed by atoms with Gasteiger partial charge in [0.2, 0.25) is 5.69 Å². The fourth-order valence-electron chi connectivity index (χ4n) is 8.97. The molecule has 1 unspecified atom stereocenters. The summed E-state index contributed by atoms with van der Waals surface area (Å²) < 4.78 is 132. The normalized spacial score (nSPS) is 18.8. The summed E-state index contributed by atoms with van der Waals surface area (Å²) in [4.78, 5) is 13.1. The maximum absolute atomic E-state index is 12.3. The van der Waals surface area contributed by atoms with Gasteiger partial charge in [-0.3, -0.25) is 22.7 Å². The van der Waals surface area contributed by atoms with Crippen molar-refractivity contribution >= 4 is 64.5 Å². The number of aliphatic carboxylic acids is 1. The van der Waals surface area contributed by atoms with Crippen LogP contribution in [0.2, 0.25) is 0 Å². The summed E-state index contributed by atoms with van der Waals surface area (Å²) in [6.07, 6.45) is 11.1. The number of allylic oxidation sites excluding steroid dienone is 7. The van der Waals surface area contributed by atoms with Crippen LogP contribution < -0.4 is 9.64 Å². The molecule has 2 aliphatic heterocycles. The van der Waals surface area contributed by atoms with Crippen LogP contribution in [0.1, 0.15) is 95.8 Å². The van der Waals surface area contributed by atoms with Crippen molar-refractivity contribution in [2.24, 2.45) is 0 Å². The number of hydrogen-bond acceptors (Lipinski definition) is 11. The zero-order valence-electron chi connectivity index (χ0n) is 37.7. The van der Waals surface area contributed by atoms with Gasteiger partial charge in [-0.25, -0.2) is 0 Å². The molecule has 3 aliphatic rings. The summed E-state index contributed by atoms with van der Waals surface area (Å²) >= 11 is -2.49. The molecular weight excluding hydrogens is 945 g/mol. The second kappa shape index (κ2) is 20.4. The van der Waals surface area contributed by atoms with Crippen LogP contribution >= 0.6 is 0 Å². The summed E-state index contributed by atoms with van der Waals surface area (Å²) in [6.45, 7) is 8.49. The van der Waals surface area contributed by atoms with Gasteiger partial charge in [0.15, 0.2) is 5.71 Å². The number of benzene rings is 3. The van der Waals surface area contributed by atoms with Crippen LogP contribution in [0.25, 0.3) is 0 Å². The van der Waals surface area contributed by atoms with Crippen molar-refractivity contribution < 1.29 is 66.9 Å². The fourth-order valence-corrected chi connectivity index (χ4v) is 11.0. The molecule has 67 heavy (non-hydrogen) atoms. The minimum Gasteiger partial charge on any atom is -0.768 e. The van der Waals surface area contributed by atoms with Gasteiger partial charge < -0.3 is 19.3 Å². The van der Waals surface area contributed by atoms with Gasteiger partial charge >= 0.3 is 5.97 Å². The molecule has 0 radical (unpaired) electrons. The molecule has 1 atom stereocenters. The van der Waals surface area contributed by atoms with E-state index in [1.807, 2.05) is 61.5 Å². The summed E-state index contributed by atoms with van der Waals surface area (Å²) in [5, 5.41) is 9.23. The van der Waals surface area contributed by atoms with Gasteiger partial charge in [-0.1, -0.05) is 32.1 Å². The maximum atomic E-state index is 12.3. The molecule has 1 aliphatic carbocycles. The number of carbonyl (C=O) groups is 1. The van der Waals surface area contributed by atoms with E-state index < -0.39 is 69.7 Å². The predicted octanol–water partition coefficient (Wildman–Crippen LogP) is 7.58. The molecule has 16 nitrogen and oxygen atoms in total. The highest BCUT2D eigenvalue weighted by Gasteiger charge is 2.45. The van der Waals surface area contributed by atoms with Crippen LogP contribution in [0.15, 0.2) is 117 Å². The molecule has 0 amide bonds. The number of anilines is 1. The third-order valence-corrected chi connectivity index (χ3v) is 15.5. The molecule has 0 saturated carbocycles. The van der Waals surface area contributed by atoms with Gasteiger partial charge in [-0.2, -0.15) is 29.8 Å². The highest BCUT2D eigenvalue weighted by Crippen LogP contribution is 2.49. The Labute approximate surface area is 395 Å². The van der Waals surface area contributed by atoms with E-state index >= 15 is 0 Å². The standard InChI is InChI=1S/C47H56N2O14S4/c1-46(2)38-30-36(64(52)53)19-21-40(38)48(26-5-7-28-65(54,55)56)42(46)23-15-33-10-9-11-34(45(33)63-35-17-12-32(13-18-35)14-25-44(50)51)16-24-43-47(3,4)39-31-37(67(60,61)62)20-22-41(39)49(43)27-6-8-29-66(57,58)59/h12-13,15-24,30-31H,5-11,14,25-29H2,1-4H3,(H4-,50,51,52,53,54,55,56,57,58,59,60,61,62). The zero-order chi connectivity index (χ0) is 49.1. The number of ether oxygens (including phenoxy) is 1. The molecule has 0 fully saturated rings. The van der Waals surface area contributed by atoms with E-state index in [2.05, 4.69) is 0 Å². The molecular formula is C47H56N2O14S4. The van der Waals surface area contributed by atoms with E-state index in [1.165, 1.54) is 18.2 Å². The number of fused-ring (bicyclic) bond motifs is 2. The van der Waals surface area contributed by atoms with E-state index in [0.717, 1.165) is 39.4 Å². The molecule has 0 spiro atoms. The topological polar surface area (TPSA) is 256 Å². The molecule has 6 rings (SSSR count). The van der Waals surface area contributed by atoms with Crippen molar-refractivity contribution in [1.29, 1.82) is 0 Å². The average molecular weight is 1000 g/mol. The molecule has 0 aromatic heterocycles. The van der Waals surface area contributed by atoms with E-state index in [1.54, 1.807) is 42.5 Å². The molecule has 20 heteroatoms. The number of aryl methyl sites for hydroxylation is 1. The van der Waals surface area contributed by atoms with Crippen molar-refractivity contribution in [3.05, 3.63) is 124 Å². The molecule has 4 N–H and O–H groups in total. The summed E-state index contributed by atoms with van der Waals surface area (Å²) in [6, 6.07) is 16.4. The van der Waals surface area contributed by atoms with Crippen molar-refractivity contribution in [2.45, 2.75) is 106 Å². The molecule has 362 valence electrons. The first kappa shape index (κ1) is 51.6. The second-order valence-electron chi connectivity index (χ2n) is 17.9. The van der Waals surface area contributed by atoms with Crippen molar-refractivity contribution in [1.82, 2.24) is 0 Å². The zero-order valence-corrected chi connectivity index (χ0v) is 40.9. The van der Waals surface area contributed by atoms with Gasteiger partial charge in [0, 0.05) is 58.8 Å². The number of carboxylic acid groups (broad SMARTS) is 1. The monoisotopic (exact) mass is 1000 g/mol. The molecule has 0 bridgehead atoms. The minimum absolute atomic E-state index is 0.0383.